The van der Waals surface area contributed by atoms with Crippen LogP contribution in [0.2, 0.25) is 0 Å². The monoisotopic (exact) mass is 704 g/mol. The number of benzene rings is 4. The summed E-state index contributed by atoms with van der Waals surface area (Å²) in [5.41, 5.74) is 2.51. The summed E-state index contributed by atoms with van der Waals surface area (Å²) in [4.78, 5) is 44.0. The first-order chi connectivity index (χ1) is 24.6. The number of ketones is 1. The summed E-state index contributed by atoms with van der Waals surface area (Å²) in [5.74, 6) is -0.848. The van der Waals surface area contributed by atoms with E-state index in [1.807, 2.05) is 43.3 Å². The van der Waals surface area contributed by atoms with Crippen molar-refractivity contribution in [1.82, 2.24) is 18.8 Å². The Morgan fingerprint density at radius 1 is 0.863 bits per heavy atom. The number of halogens is 1. The minimum atomic E-state index is -4.28. The predicted octanol–water partition coefficient (Wildman–Crippen LogP) is 6.72. The highest BCUT2D eigenvalue weighted by atomic mass is 32.2. The van der Waals surface area contributed by atoms with Crippen molar-refractivity contribution < 1.29 is 22.4 Å². The number of nitrogens with one attached hydrogen (secondary N) is 1. The van der Waals surface area contributed by atoms with E-state index in [0.717, 1.165) is 18.4 Å². The number of Topliss-reactive ketones (excluding diaryl/α,β-unsaturated/α-hetero) is 1. The van der Waals surface area contributed by atoms with Crippen molar-refractivity contribution in [2.45, 2.75) is 57.0 Å². The zero-order valence-corrected chi connectivity index (χ0v) is 28.9. The smallest absolute Gasteiger partial charge is 0.277 e. The molecule has 0 bridgehead atoms. The van der Waals surface area contributed by atoms with Crippen LogP contribution >= 0.6 is 0 Å². The van der Waals surface area contributed by atoms with Crippen LogP contribution < -0.4 is 10.3 Å². The third-order valence-electron chi connectivity index (χ3n) is 8.71. The molecule has 11 heteroatoms. The van der Waals surface area contributed by atoms with E-state index in [0.29, 0.717) is 35.3 Å². The molecule has 2 heterocycles. The molecule has 0 fully saturated rings. The number of rotatable bonds is 14. The predicted molar refractivity (Wildman–Crippen MR) is 194 cm³/mol. The molecule has 0 saturated heterocycles. The number of sulfonamides is 1. The molecule has 0 aliphatic rings. The Balaban J connectivity index is 1.28. The van der Waals surface area contributed by atoms with Gasteiger partial charge in [-0.25, -0.2) is 22.5 Å². The average molecular weight is 705 g/mol. The molecule has 0 saturated carbocycles. The van der Waals surface area contributed by atoms with Gasteiger partial charge in [0.2, 0.25) is 5.91 Å². The number of unbranched alkanes of at least 4 members (excludes halogenated alkanes) is 1. The Kier molecular flexibility index (Phi) is 10.7. The molecular weight excluding hydrogens is 668 g/mol. The van der Waals surface area contributed by atoms with Crippen molar-refractivity contribution in [1.29, 1.82) is 0 Å². The lowest BCUT2D eigenvalue weighted by molar-refractivity contribution is -0.119. The molecule has 260 valence electrons. The number of hydrogen-bond donors (Lipinski definition) is 1. The van der Waals surface area contributed by atoms with Gasteiger partial charge in [0.25, 0.3) is 15.6 Å². The van der Waals surface area contributed by atoms with Crippen LogP contribution in [0.4, 0.5) is 4.39 Å². The number of carbonyl (C=O) groups excluding carboxylic acids is 2. The fourth-order valence-corrected chi connectivity index (χ4v) is 7.27. The van der Waals surface area contributed by atoms with E-state index in [1.54, 1.807) is 71.4 Å². The molecule has 0 spiro atoms. The van der Waals surface area contributed by atoms with Crippen molar-refractivity contribution in [2.24, 2.45) is 0 Å². The number of amides is 1. The van der Waals surface area contributed by atoms with Gasteiger partial charge in [-0.15, -0.1) is 0 Å². The van der Waals surface area contributed by atoms with Gasteiger partial charge in [0.15, 0.2) is 5.78 Å². The van der Waals surface area contributed by atoms with Crippen LogP contribution in [0.3, 0.4) is 0 Å². The van der Waals surface area contributed by atoms with Gasteiger partial charge in [-0.2, -0.15) is 0 Å². The largest absolute Gasteiger partial charge is 0.319 e. The fourth-order valence-electron chi connectivity index (χ4n) is 6.03. The van der Waals surface area contributed by atoms with E-state index in [2.05, 4.69) is 4.72 Å². The minimum Gasteiger partial charge on any atom is -0.319 e. The molecule has 0 atom stereocenters. The van der Waals surface area contributed by atoms with Crippen LogP contribution in [-0.2, 0) is 40.7 Å². The van der Waals surface area contributed by atoms with Crippen molar-refractivity contribution in [3.05, 3.63) is 154 Å². The summed E-state index contributed by atoms with van der Waals surface area (Å²) in [6.45, 7) is 1.87. The summed E-state index contributed by atoms with van der Waals surface area (Å²) in [5, 5.41) is 0. The lowest BCUT2D eigenvalue weighted by atomic mass is 10.0. The van der Waals surface area contributed by atoms with E-state index in [-0.39, 0.29) is 46.8 Å². The molecule has 6 rings (SSSR count). The van der Waals surface area contributed by atoms with Gasteiger partial charge in [0.05, 0.1) is 23.5 Å². The number of aryl methyl sites for hydroxylation is 2. The quantitative estimate of drug-likeness (QED) is 0.126. The van der Waals surface area contributed by atoms with Gasteiger partial charge in [0, 0.05) is 35.7 Å². The summed E-state index contributed by atoms with van der Waals surface area (Å²) < 4.78 is 47.9. The highest BCUT2D eigenvalue weighted by Crippen LogP contribution is 2.29. The standard InChI is InChI=1S/C40H37FN4O5S/c1-2-3-18-37-42-34-23-24-44(27-35(46)29-14-8-5-9-15-29)40(48)39(34)45(37)26-31-21-20-30(25-33(31)41)32-16-10-11-17-36(32)51(49,50)43-38(47)22-19-28-12-6-4-7-13-28/h4-17,20-21,23-25H,2-3,18-19,22,26-27H2,1H3,(H,43,47). The molecule has 0 unspecified atom stereocenters. The van der Waals surface area contributed by atoms with E-state index < -0.39 is 27.3 Å². The van der Waals surface area contributed by atoms with Crippen LogP contribution in [0.25, 0.3) is 22.2 Å². The highest BCUT2D eigenvalue weighted by molar-refractivity contribution is 7.90. The van der Waals surface area contributed by atoms with Crippen LogP contribution in [0.5, 0.6) is 0 Å². The van der Waals surface area contributed by atoms with Crippen LogP contribution in [0.15, 0.2) is 125 Å². The van der Waals surface area contributed by atoms with Crippen molar-refractivity contribution in [2.75, 3.05) is 0 Å². The van der Waals surface area contributed by atoms with E-state index in [9.17, 15) is 22.8 Å². The second-order valence-corrected chi connectivity index (χ2v) is 14.0. The van der Waals surface area contributed by atoms with Gasteiger partial charge in [-0.3, -0.25) is 14.4 Å². The number of fused-ring (bicyclic) bond motifs is 1. The zero-order valence-electron chi connectivity index (χ0n) is 28.1. The molecule has 51 heavy (non-hydrogen) atoms. The van der Waals surface area contributed by atoms with Crippen molar-refractivity contribution >= 4 is 32.7 Å². The van der Waals surface area contributed by atoms with Gasteiger partial charge >= 0.3 is 0 Å². The van der Waals surface area contributed by atoms with E-state index in [1.165, 1.54) is 16.7 Å². The highest BCUT2D eigenvalue weighted by Gasteiger charge is 2.23. The maximum Gasteiger partial charge on any atom is 0.277 e. The first-order valence-electron chi connectivity index (χ1n) is 16.8. The second-order valence-electron chi connectivity index (χ2n) is 12.3. The molecule has 2 aromatic heterocycles. The summed E-state index contributed by atoms with van der Waals surface area (Å²) in [6.07, 6.45) is 4.17. The molecule has 1 N–H and O–H groups in total. The number of pyridine rings is 1. The normalized spacial score (nSPS) is 11.5. The van der Waals surface area contributed by atoms with Gasteiger partial charge < -0.3 is 9.13 Å². The van der Waals surface area contributed by atoms with Crippen LogP contribution in [-0.4, -0.2) is 34.2 Å². The second kappa shape index (κ2) is 15.5. The molecule has 0 aliphatic heterocycles. The maximum absolute atomic E-state index is 16.0. The lowest BCUT2D eigenvalue weighted by Crippen LogP contribution is -2.31. The number of nitrogens with zero attached hydrogens (tertiary/aromatic N) is 3. The molecule has 4 aromatic carbocycles. The SMILES string of the molecule is CCCCc1nc2ccn(CC(=O)c3ccccc3)c(=O)c2n1Cc1ccc(-c2ccccc2S(=O)(=O)NC(=O)CCc2ccccc2)cc1F. The van der Waals surface area contributed by atoms with Crippen LogP contribution in [0, 0.1) is 5.82 Å². The number of aromatic nitrogens is 3. The Morgan fingerprint density at radius 2 is 1.57 bits per heavy atom. The first-order valence-corrected chi connectivity index (χ1v) is 18.3. The maximum atomic E-state index is 16.0. The Labute approximate surface area is 295 Å². The lowest BCUT2D eigenvalue weighted by Gasteiger charge is -2.14. The summed E-state index contributed by atoms with van der Waals surface area (Å²) >= 11 is 0. The third-order valence-corrected chi connectivity index (χ3v) is 10.1. The van der Waals surface area contributed by atoms with Crippen molar-refractivity contribution in [3.8, 4) is 11.1 Å². The van der Waals surface area contributed by atoms with E-state index >= 15 is 4.39 Å². The third kappa shape index (κ3) is 8.05. The Hall–Kier alpha value is -5.68. The Morgan fingerprint density at radius 3 is 2.29 bits per heavy atom. The Bertz CT molecular complexity index is 2370. The van der Waals surface area contributed by atoms with Gasteiger partial charge in [-0.05, 0) is 42.2 Å². The number of hydrogen-bond acceptors (Lipinski definition) is 6. The molecule has 6 aromatic rings. The first kappa shape index (κ1) is 35.2. The average Bonchev–Trinajstić information content (AvgIpc) is 3.49. The van der Waals surface area contributed by atoms with Crippen molar-refractivity contribution in [3.63, 3.8) is 0 Å². The number of carbonyl (C=O) groups is 2. The van der Waals surface area contributed by atoms with E-state index in [4.69, 9.17) is 4.98 Å². The summed E-state index contributed by atoms with van der Waals surface area (Å²) in [6, 6.07) is 30.2. The molecule has 0 aliphatic carbocycles. The topological polar surface area (TPSA) is 120 Å². The summed E-state index contributed by atoms with van der Waals surface area (Å²) in [7, 11) is -4.28. The molecular formula is C40H37FN4O5S. The molecule has 9 nitrogen and oxygen atoms in total. The fraction of sp³-hybridized carbons (Fsp3) is 0.200. The van der Waals surface area contributed by atoms with Gasteiger partial charge in [-0.1, -0.05) is 104 Å². The van der Waals surface area contributed by atoms with Crippen LogP contribution in [0.1, 0.15) is 53.5 Å². The number of imidazole rings is 1. The minimum absolute atomic E-state index is 0.00897. The molecule has 0 radical (unpaired) electrons. The zero-order chi connectivity index (χ0) is 36.0. The van der Waals surface area contributed by atoms with Gasteiger partial charge in [0.1, 0.15) is 17.2 Å². The molecule has 1 amide bonds.